The summed E-state index contributed by atoms with van der Waals surface area (Å²) in [5.41, 5.74) is 0.528. The fourth-order valence-corrected chi connectivity index (χ4v) is 1.48. The summed E-state index contributed by atoms with van der Waals surface area (Å²) in [4.78, 5) is 11.1. The molecule has 18 heavy (non-hydrogen) atoms. The normalized spacial score (nSPS) is 9.61. The van der Waals surface area contributed by atoms with Crippen molar-refractivity contribution in [1.29, 1.82) is 5.26 Å². The van der Waals surface area contributed by atoms with Gasteiger partial charge in [0.2, 0.25) is 0 Å². The number of hydrogen-bond acceptors (Lipinski definition) is 4. The van der Waals surface area contributed by atoms with Crippen LogP contribution in [0.1, 0.15) is 31.7 Å². The number of nitrogens with zero attached hydrogens (tertiary/aromatic N) is 1. The summed E-state index contributed by atoms with van der Waals surface area (Å²) < 4.78 is 10.7. The maximum Gasteiger partial charge on any atom is 0.162 e. The summed E-state index contributed by atoms with van der Waals surface area (Å²) in [6.07, 6.45) is 1.80. The molecule has 0 spiro atoms. The fourth-order valence-electron chi connectivity index (χ4n) is 1.48. The van der Waals surface area contributed by atoms with E-state index >= 15 is 0 Å². The van der Waals surface area contributed by atoms with Gasteiger partial charge in [-0.1, -0.05) is 6.92 Å². The summed E-state index contributed by atoms with van der Waals surface area (Å²) in [7, 11) is 1.53. The number of ether oxygens (including phenoxy) is 2. The first-order valence-corrected chi connectivity index (χ1v) is 5.94. The molecule has 0 amide bonds. The van der Waals surface area contributed by atoms with Gasteiger partial charge in [-0.3, -0.25) is 4.79 Å². The van der Waals surface area contributed by atoms with Crippen LogP contribution in [0.3, 0.4) is 0 Å². The number of rotatable bonds is 7. The Morgan fingerprint density at radius 3 is 2.78 bits per heavy atom. The van der Waals surface area contributed by atoms with Crippen LogP contribution in [0.4, 0.5) is 0 Å². The lowest BCUT2D eigenvalue weighted by atomic mass is 10.2. The van der Waals surface area contributed by atoms with E-state index in [1.165, 1.54) is 7.11 Å². The van der Waals surface area contributed by atoms with Crippen molar-refractivity contribution in [2.75, 3.05) is 13.7 Å². The second-order valence-corrected chi connectivity index (χ2v) is 3.82. The molecule has 0 saturated carbocycles. The van der Waals surface area contributed by atoms with Crippen LogP contribution in [0.5, 0.6) is 11.5 Å². The molecule has 0 heterocycles. The molecular formula is C14H17NO3. The van der Waals surface area contributed by atoms with E-state index in [0.717, 1.165) is 0 Å². The van der Waals surface area contributed by atoms with Gasteiger partial charge in [-0.05, 0) is 18.6 Å². The highest BCUT2D eigenvalue weighted by Crippen LogP contribution is 2.27. The topological polar surface area (TPSA) is 59.3 Å². The number of methoxy groups -OCH3 is 1. The third-order valence-corrected chi connectivity index (χ3v) is 2.54. The Hall–Kier alpha value is -2.02. The Kier molecular flexibility index (Phi) is 5.72. The predicted octanol–water partition coefficient (Wildman–Crippen LogP) is 2.70. The molecule has 0 aliphatic carbocycles. The Bertz CT molecular complexity index is 449. The van der Waals surface area contributed by atoms with Crippen molar-refractivity contribution in [3.05, 3.63) is 23.8 Å². The van der Waals surface area contributed by atoms with Crippen molar-refractivity contribution in [3.8, 4) is 17.6 Å². The number of Topliss-reactive ketones (excluding diaryl/α,β-unsaturated/α-hetero) is 1. The van der Waals surface area contributed by atoms with E-state index in [0.29, 0.717) is 42.9 Å². The minimum absolute atomic E-state index is 0.241. The summed E-state index contributed by atoms with van der Waals surface area (Å²) in [6.45, 7) is 2.32. The third-order valence-electron chi connectivity index (χ3n) is 2.54. The van der Waals surface area contributed by atoms with Crippen molar-refractivity contribution in [2.24, 2.45) is 0 Å². The second kappa shape index (κ2) is 7.33. The highest BCUT2D eigenvalue weighted by Gasteiger charge is 2.06. The van der Waals surface area contributed by atoms with Crippen molar-refractivity contribution < 1.29 is 14.3 Å². The molecule has 0 aliphatic heterocycles. The lowest BCUT2D eigenvalue weighted by Crippen LogP contribution is -2.03. The van der Waals surface area contributed by atoms with Gasteiger partial charge in [-0.15, -0.1) is 0 Å². The highest BCUT2D eigenvalue weighted by molar-refractivity contribution is 5.77. The van der Waals surface area contributed by atoms with Crippen LogP contribution in [0.2, 0.25) is 0 Å². The molecule has 0 aromatic heterocycles. The average molecular weight is 247 g/mol. The summed E-state index contributed by atoms with van der Waals surface area (Å²) in [5.74, 6) is 1.38. The monoisotopic (exact) mass is 247 g/mol. The maximum absolute atomic E-state index is 11.1. The third kappa shape index (κ3) is 4.10. The fraction of sp³-hybridized carbons (Fsp3) is 0.429. The molecule has 1 aromatic carbocycles. The average Bonchev–Trinajstić information content (AvgIpc) is 2.43. The van der Waals surface area contributed by atoms with Crippen LogP contribution in [-0.4, -0.2) is 19.5 Å². The van der Waals surface area contributed by atoms with Crippen molar-refractivity contribution in [2.45, 2.75) is 26.2 Å². The largest absolute Gasteiger partial charge is 0.493 e. The van der Waals surface area contributed by atoms with Gasteiger partial charge in [-0.2, -0.15) is 5.26 Å². The van der Waals surface area contributed by atoms with E-state index < -0.39 is 0 Å². The molecule has 1 aromatic rings. The number of nitriles is 1. The molecule has 0 atom stereocenters. The Morgan fingerprint density at radius 2 is 2.17 bits per heavy atom. The summed E-state index contributed by atoms with van der Waals surface area (Å²) >= 11 is 0. The number of ketones is 1. The molecule has 0 radical (unpaired) electrons. The van der Waals surface area contributed by atoms with Crippen molar-refractivity contribution in [3.63, 3.8) is 0 Å². The first kappa shape index (κ1) is 14.0. The first-order valence-electron chi connectivity index (χ1n) is 5.94. The lowest BCUT2D eigenvalue weighted by Gasteiger charge is -2.10. The summed E-state index contributed by atoms with van der Waals surface area (Å²) in [5, 5.41) is 8.77. The Morgan fingerprint density at radius 1 is 1.39 bits per heavy atom. The van der Waals surface area contributed by atoms with Gasteiger partial charge in [0.1, 0.15) is 5.78 Å². The van der Waals surface area contributed by atoms with Gasteiger partial charge in [0.15, 0.2) is 11.5 Å². The van der Waals surface area contributed by atoms with E-state index in [4.69, 9.17) is 14.7 Å². The molecule has 4 heteroatoms. The number of carbonyl (C=O) groups excluding carboxylic acids is 1. The molecule has 0 unspecified atom stereocenters. The molecule has 0 N–H and O–H groups in total. The maximum atomic E-state index is 11.1. The zero-order valence-electron chi connectivity index (χ0n) is 10.7. The van der Waals surface area contributed by atoms with Crippen LogP contribution in [0, 0.1) is 11.3 Å². The number of benzene rings is 1. The molecule has 1 rings (SSSR count). The minimum atomic E-state index is 0.241. The van der Waals surface area contributed by atoms with E-state index in [9.17, 15) is 4.79 Å². The van der Waals surface area contributed by atoms with Crippen LogP contribution in [-0.2, 0) is 4.79 Å². The summed E-state index contributed by atoms with van der Waals surface area (Å²) in [6, 6.07) is 7.05. The van der Waals surface area contributed by atoms with E-state index in [1.54, 1.807) is 18.2 Å². The number of hydrogen-bond donors (Lipinski definition) is 0. The van der Waals surface area contributed by atoms with Gasteiger partial charge < -0.3 is 9.47 Å². The Balaban J connectivity index is 2.52. The molecule has 0 fully saturated rings. The van der Waals surface area contributed by atoms with Gasteiger partial charge >= 0.3 is 0 Å². The first-order chi connectivity index (χ1) is 8.71. The van der Waals surface area contributed by atoms with Gasteiger partial charge in [-0.25, -0.2) is 0 Å². The van der Waals surface area contributed by atoms with Crippen molar-refractivity contribution in [1.82, 2.24) is 0 Å². The zero-order valence-corrected chi connectivity index (χ0v) is 10.7. The van der Waals surface area contributed by atoms with E-state index in [1.807, 2.05) is 13.0 Å². The molecule has 0 saturated heterocycles. The predicted molar refractivity (Wildman–Crippen MR) is 67.7 cm³/mol. The smallest absolute Gasteiger partial charge is 0.162 e. The zero-order chi connectivity index (χ0) is 13.4. The van der Waals surface area contributed by atoms with E-state index in [-0.39, 0.29) is 5.78 Å². The molecule has 96 valence electrons. The molecular weight excluding hydrogens is 230 g/mol. The van der Waals surface area contributed by atoms with Gasteiger partial charge in [0.05, 0.1) is 25.3 Å². The molecule has 4 nitrogen and oxygen atoms in total. The molecule has 0 aliphatic rings. The van der Waals surface area contributed by atoms with Gasteiger partial charge in [0, 0.05) is 18.9 Å². The lowest BCUT2D eigenvalue weighted by molar-refractivity contribution is -0.118. The Labute approximate surface area is 107 Å². The van der Waals surface area contributed by atoms with Crippen LogP contribution < -0.4 is 9.47 Å². The van der Waals surface area contributed by atoms with Crippen LogP contribution in [0.25, 0.3) is 0 Å². The van der Waals surface area contributed by atoms with Crippen LogP contribution in [0.15, 0.2) is 18.2 Å². The van der Waals surface area contributed by atoms with Crippen molar-refractivity contribution >= 4 is 5.78 Å². The van der Waals surface area contributed by atoms with Crippen LogP contribution >= 0.6 is 0 Å². The quantitative estimate of drug-likeness (QED) is 0.695. The SMILES string of the molecule is CCC(=O)CCCOc1ccc(C#N)cc1OC. The minimum Gasteiger partial charge on any atom is -0.493 e. The molecule has 0 bridgehead atoms. The number of carbonyl (C=O) groups is 1. The standard InChI is InChI=1S/C14H17NO3/c1-3-12(16)5-4-8-18-13-7-6-11(10-15)9-14(13)17-2/h6-7,9H,3-5,8H2,1-2H3. The van der Waals surface area contributed by atoms with E-state index in [2.05, 4.69) is 0 Å². The highest BCUT2D eigenvalue weighted by atomic mass is 16.5. The second-order valence-electron chi connectivity index (χ2n) is 3.82. The van der Waals surface area contributed by atoms with Gasteiger partial charge in [0.25, 0.3) is 0 Å².